The number of aromatic nitrogens is 4. The zero-order valence-corrected chi connectivity index (χ0v) is 12.5. The maximum absolute atomic E-state index is 11.5. The molecule has 0 atom stereocenters. The van der Waals surface area contributed by atoms with Gasteiger partial charge in [0.15, 0.2) is 10.7 Å². The molecule has 3 heterocycles. The number of carbonyl (C=O) groups is 1. The zero-order chi connectivity index (χ0) is 15.0. The second kappa shape index (κ2) is 5.13. The van der Waals surface area contributed by atoms with Crippen molar-refractivity contribution in [1.29, 1.82) is 0 Å². The van der Waals surface area contributed by atoms with Gasteiger partial charge >= 0.3 is 5.97 Å². The lowest BCUT2D eigenvalue weighted by Crippen LogP contribution is -2.03. The fourth-order valence-corrected chi connectivity index (χ4v) is 2.81. The van der Waals surface area contributed by atoms with Crippen molar-refractivity contribution in [3.05, 3.63) is 29.1 Å². The van der Waals surface area contributed by atoms with Gasteiger partial charge in [-0.15, -0.1) is 11.3 Å². The van der Waals surface area contributed by atoms with E-state index in [1.165, 1.54) is 24.7 Å². The van der Waals surface area contributed by atoms with Gasteiger partial charge in [0.1, 0.15) is 12.0 Å². The molecule has 3 rings (SSSR count). The van der Waals surface area contributed by atoms with Crippen LogP contribution in [0.4, 0.5) is 0 Å². The molecule has 0 saturated heterocycles. The van der Waals surface area contributed by atoms with E-state index in [1.54, 1.807) is 24.0 Å². The third-order valence-electron chi connectivity index (χ3n) is 2.93. The topological polar surface area (TPSA) is 83.0 Å². The Labute approximate surface area is 124 Å². The van der Waals surface area contributed by atoms with Gasteiger partial charge in [-0.2, -0.15) is 5.10 Å². The predicted molar refractivity (Wildman–Crippen MR) is 75.9 cm³/mol. The largest absolute Gasteiger partial charge is 0.464 e. The second-order valence-electron chi connectivity index (χ2n) is 4.29. The summed E-state index contributed by atoms with van der Waals surface area (Å²) >= 11 is 1.47. The lowest BCUT2D eigenvalue weighted by Gasteiger charge is -1.97. The van der Waals surface area contributed by atoms with Gasteiger partial charge in [0, 0.05) is 18.0 Å². The predicted octanol–water partition coefficient (Wildman–Crippen LogP) is 2.29. The van der Waals surface area contributed by atoms with Crippen LogP contribution < -0.4 is 0 Å². The Hall–Kier alpha value is -2.48. The Kier molecular flexibility index (Phi) is 3.30. The van der Waals surface area contributed by atoms with Crippen molar-refractivity contribution in [3.8, 4) is 22.3 Å². The van der Waals surface area contributed by atoms with Gasteiger partial charge in [-0.05, 0) is 6.92 Å². The average Bonchev–Trinajstić information content (AvgIpc) is 3.17. The van der Waals surface area contributed by atoms with Crippen LogP contribution >= 0.6 is 11.3 Å². The van der Waals surface area contributed by atoms with E-state index in [4.69, 9.17) is 4.42 Å². The van der Waals surface area contributed by atoms with Crippen molar-refractivity contribution in [2.24, 2.45) is 7.05 Å². The van der Waals surface area contributed by atoms with E-state index in [1.807, 2.05) is 6.92 Å². The summed E-state index contributed by atoms with van der Waals surface area (Å²) in [5, 5.41) is 4.83. The van der Waals surface area contributed by atoms with Crippen molar-refractivity contribution in [1.82, 2.24) is 19.7 Å². The standard InChI is InChI=1S/C13H12N4O3S/c1-7-10(15-12(21-7)11-14-4-5-20-11)9-6-8(13(18)19-3)16-17(9)2/h4-6H,1-3H3. The van der Waals surface area contributed by atoms with Gasteiger partial charge in [0.2, 0.25) is 0 Å². The molecule has 0 radical (unpaired) electrons. The highest BCUT2D eigenvalue weighted by atomic mass is 32.1. The lowest BCUT2D eigenvalue weighted by molar-refractivity contribution is 0.0593. The highest BCUT2D eigenvalue weighted by Crippen LogP contribution is 2.32. The van der Waals surface area contributed by atoms with Crippen LogP contribution in [-0.4, -0.2) is 32.8 Å². The first-order chi connectivity index (χ1) is 10.1. The number of hydrogen-bond acceptors (Lipinski definition) is 7. The summed E-state index contributed by atoms with van der Waals surface area (Å²) in [4.78, 5) is 21.2. The van der Waals surface area contributed by atoms with Crippen LogP contribution in [0, 0.1) is 6.92 Å². The van der Waals surface area contributed by atoms with Crippen LogP contribution in [0.15, 0.2) is 22.9 Å². The number of rotatable bonds is 3. The summed E-state index contributed by atoms with van der Waals surface area (Å²) in [6, 6.07) is 1.66. The van der Waals surface area contributed by atoms with Crippen molar-refractivity contribution >= 4 is 17.3 Å². The molecule has 0 bridgehead atoms. The molecule has 0 amide bonds. The van der Waals surface area contributed by atoms with Crippen LogP contribution in [0.1, 0.15) is 15.4 Å². The Morgan fingerprint density at radius 2 is 2.29 bits per heavy atom. The molecule has 0 aliphatic carbocycles. The molecule has 0 N–H and O–H groups in total. The summed E-state index contributed by atoms with van der Waals surface area (Å²) in [5.74, 6) is 0.00219. The van der Waals surface area contributed by atoms with E-state index in [0.717, 1.165) is 16.3 Å². The molecule has 0 aromatic carbocycles. The number of oxazole rings is 1. The van der Waals surface area contributed by atoms with E-state index in [2.05, 4.69) is 19.8 Å². The monoisotopic (exact) mass is 304 g/mol. The average molecular weight is 304 g/mol. The number of ether oxygens (including phenoxy) is 1. The molecule has 3 aromatic rings. The van der Waals surface area contributed by atoms with Crippen molar-refractivity contribution in [2.45, 2.75) is 6.92 Å². The van der Waals surface area contributed by atoms with E-state index in [0.29, 0.717) is 10.9 Å². The molecular formula is C13H12N4O3S. The van der Waals surface area contributed by atoms with Crippen LogP contribution in [0.5, 0.6) is 0 Å². The summed E-state index contributed by atoms with van der Waals surface area (Å²) in [6.45, 7) is 1.95. The van der Waals surface area contributed by atoms with Gasteiger partial charge in [0.05, 0.1) is 19.0 Å². The molecule has 7 nitrogen and oxygen atoms in total. The number of methoxy groups -OCH3 is 1. The molecule has 21 heavy (non-hydrogen) atoms. The molecule has 0 saturated carbocycles. The lowest BCUT2D eigenvalue weighted by atomic mass is 10.2. The minimum atomic E-state index is -0.474. The van der Waals surface area contributed by atoms with Gasteiger partial charge in [-0.1, -0.05) is 0 Å². The minimum absolute atomic E-state index is 0.250. The molecule has 8 heteroatoms. The van der Waals surface area contributed by atoms with Gasteiger partial charge in [-0.3, -0.25) is 4.68 Å². The highest BCUT2D eigenvalue weighted by Gasteiger charge is 2.20. The Balaban J connectivity index is 2.05. The Morgan fingerprint density at radius 3 is 2.95 bits per heavy atom. The van der Waals surface area contributed by atoms with E-state index in [9.17, 15) is 4.79 Å². The molecular weight excluding hydrogens is 292 g/mol. The van der Waals surface area contributed by atoms with Crippen LogP contribution in [0.2, 0.25) is 0 Å². The fourth-order valence-electron chi connectivity index (χ4n) is 1.95. The molecule has 0 aliphatic heterocycles. The van der Waals surface area contributed by atoms with Gasteiger partial charge in [-0.25, -0.2) is 14.8 Å². The van der Waals surface area contributed by atoms with E-state index < -0.39 is 5.97 Å². The molecule has 3 aromatic heterocycles. The summed E-state index contributed by atoms with van der Waals surface area (Å²) in [5.41, 5.74) is 1.74. The number of esters is 1. The first-order valence-corrected chi connectivity index (χ1v) is 6.92. The van der Waals surface area contributed by atoms with Crippen molar-refractivity contribution < 1.29 is 13.9 Å². The van der Waals surface area contributed by atoms with Crippen molar-refractivity contribution in [2.75, 3.05) is 7.11 Å². The Morgan fingerprint density at radius 1 is 1.48 bits per heavy atom. The number of thiazole rings is 1. The van der Waals surface area contributed by atoms with Crippen LogP contribution in [-0.2, 0) is 11.8 Å². The zero-order valence-electron chi connectivity index (χ0n) is 11.7. The molecule has 0 unspecified atom stereocenters. The molecule has 0 spiro atoms. The smallest absolute Gasteiger partial charge is 0.358 e. The normalized spacial score (nSPS) is 10.8. The number of hydrogen-bond donors (Lipinski definition) is 0. The fraction of sp³-hybridized carbons (Fsp3) is 0.231. The number of nitrogens with zero attached hydrogens (tertiary/aromatic N) is 4. The highest BCUT2D eigenvalue weighted by molar-refractivity contribution is 7.15. The van der Waals surface area contributed by atoms with E-state index >= 15 is 0 Å². The van der Waals surface area contributed by atoms with Crippen LogP contribution in [0.25, 0.3) is 22.3 Å². The first-order valence-electron chi connectivity index (χ1n) is 6.10. The van der Waals surface area contributed by atoms with Crippen molar-refractivity contribution in [3.63, 3.8) is 0 Å². The van der Waals surface area contributed by atoms with Gasteiger partial charge in [0.25, 0.3) is 5.89 Å². The number of aryl methyl sites for hydroxylation is 2. The molecule has 108 valence electrons. The maximum Gasteiger partial charge on any atom is 0.358 e. The quantitative estimate of drug-likeness (QED) is 0.690. The van der Waals surface area contributed by atoms with E-state index in [-0.39, 0.29) is 5.69 Å². The molecule has 0 aliphatic rings. The second-order valence-corrected chi connectivity index (χ2v) is 5.49. The van der Waals surface area contributed by atoms with Gasteiger partial charge < -0.3 is 9.15 Å². The summed E-state index contributed by atoms with van der Waals surface area (Å²) in [7, 11) is 3.08. The third kappa shape index (κ3) is 2.33. The maximum atomic E-state index is 11.5. The first kappa shape index (κ1) is 13.5. The Bertz CT molecular complexity index is 789. The van der Waals surface area contributed by atoms with Crippen LogP contribution in [0.3, 0.4) is 0 Å². The third-order valence-corrected chi connectivity index (χ3v) is 3.89. The number of carbonyl (C=O) groups excluding carboxylic acids is 1. The SMILES string of the molecule is COC(=O)c1cc(-c2nc(-c3ncco3)sc2C)n(C)n1. The minimum Gasteiger partial charge on any atom is -0.464 e. The molecule has 0 fully saturated rings. The summed E-state index contributed by atoms with van der Waals surface area (Å²) < 4.78 is 11.5. The summed E-state index contributed by atoms with van der Waals surface area (Å²) in [6.07, 6.45) is 3.08.